The fourth-order valence-corrected chi connectivity index (χ4v) is 4.18. The van der Waals surface area contributed by atoms with Crippen LogP contribution in [0.15, 0.2) is 0 Å². The van der Waals surface area contributed by atoms with Crippen LogP contribution >= 0.6 is 0 Å². The molecule has 38 heavy (non-hydrogen) atoms. The third-order valence-corrected chi connectivity index (χ3v) is 6.50. The monoisotopic (exact) mass is 561 g/mol. The minimum Gasteiger partial charge on any atom is -0.394 e. The molecule has 3 aliphatic rings. The van der Waals surface area contributed by atoms with E-state index < -0.39 is 112 Å². The SMILES string of the molecule is NC1C(O)O[C@H](CO)C(O[C@@H]2O[C@H](CO)C(O[C@@H]3O[C@H](CO)[C@@H](O)[C@H](O)[C@H]3N)[C@H](O)C2N)C1O.NCCN. The largest absolute Gasteiger partial charge is 0.394 e. The van der Waals surface area contributed by atoms with Crippen LogP contribution in [0.5, 0.6) is 0 Å². The summed E-state index contributed by atoms with van der Waals surface area (Å²) < 4.78 is 27.4. The Bertz CT molecular complexity index is 681. The van der Waals surface area contributed by atoms with Crippen molar-refractivity contribution in [1.29, 1.82) is 0 Å². The molecule has 3 saturated heterocycles. The van der Waals surface area contributed by atoms with Crippen molar-refractivity contribution in [2.24, 2.45) is 28.7 Å². The van der Waals surface area contributed by atoms with Gasteiger partial charge in [-0.15, -0.1) is 0 Å². The molecular weight excluding hydrogens is 518 g/mol. The van der Waals surface area contributed by atoms with Crippen LogP contribution < -0.4 is 28.7 Å². The van der Waals surface area contributed by atoms with E-state index in [0.717, 1.165) is 0 Å². The van der Waals surface area contributed by atoms with E-state index in [1.165, 1.54) is 0 Å². The van der Waals surface area contributed by atoms with Gasteiger partial charge in [0.15, 0.2) is 18.9 Å². The zero-order valence-electron chi connectivity index (χ0n) is 20.7. The highest BCUT2D eigenvalue weighted by atomic mass is 16.7. The van der Waals surface area contributed by atoms with E-state index in [2.05, 4.69) is 0 Å². The Morgan fingerprint density at radius 1 is 0.526 bits per heavy atom. The van der Waals surface area contributed by atoms with Gasteiger partial charge in [-0.1, -0.05) is 0 Å². The van der Waals surface area contributed by atoms with Crippen LogP contribution in [-0.2, 0) is 23.7 Å². The van der Waals surface area contributed by atoms with E-state index >= 15 is 0 Å². The van der Waals surface area contributed by atoms with Gasteiger partial charge in [-0.2, -0.15) is 0 Å². The maximum Gasteiger partial charge on any atom is 0.176 e. The van der Waals surface area contributed by atoms with Crippen LogP contribution in [-0.4, -0.2) is 166 Å². The summed E-state index contributed by atoms with van der Waals surface area (Å²) >= 11 is 0. The molecule has 0 aromatic carbocycles. The summed E-state index contributed by atoms with van der Waals surface area (Å²) in [5.41, 5.74) is 27.4. The zero-order valence-corrected chi connectivity index (χ0v) is 20.7. The second kappa shape index (κ2) is 15.3. The highest BCUT2D eigenvalue weighted by Crippen LogP contribution is 2.31. The molecule has 3 fully saturated rings. The lowest BCUT2D eigenvalue weighted by molar-refractivity contribution is -0.348. The number of aliphatic hydroxyl groups is 8. The molecule has 0 aliphatic carbocycles. The maximum absolute atomic E-state index is 10.8. The molecule has 3 aliphatic heterocycles. The van der Waals surface area contributed by atoms with Gasteiger partial charge in [-0.05, 0) is 0 Å². The Hall–Kier alpha value is -0.720. The number of ether oxygens (including phenoxy) is 5. The molecule has 6 unspecified atom stereocenters. The molecule has 0 aromatic heterocycles. The highest BCUT2D eigenvalue weighted by Gasteiger charge is 2.52. The van der Waals surface area contributed by atoms with E-state index in [1.54, 1.807) is 0 Å². The first kappa shape index (κ1) is 33.5. The van der Waals surface area contributed by atoms with Gasteiger partial charge in [0.05, 0.1) is 37.9 Å². The predicted molar refractivity (Wildman–Crippen MR) is 125 cm³/mol. The van der Waals surface area contributed by atoms with Crippen LogP contribution in [0.4, 0.5) is 0 Å². The molecule has 0 amide bonds. The highest BCUT2D eigenvalue weighted by molar-refractivity contribution is 4.98. The minimum absolute atomic E-state index is 0.597. The number of rotatable bonds is 8. The predicted octanol–water partition coefficient (Wildman–Crippen LogP) is -8.77. The number of aliphatic hydroxyl groups excluding tert-OH is 8. The van der Waals surface area contributed by atoms with E-state index in [4.69, 9.17) is 52.4 Å². The lowest BCUT2D eigenvalue weighted by atomic mass is 9.94. The van der Waals surface area contributed by atoms with Gasteiger partial charge in [0.25, 0.3) is 0 Å². The first-order chi connectivity index (χ1) is 18.0. The fraction of sp³-hybridized carbons (Fsp3) is 1.00. The fourth-order valence-electron chi connectivity index (χ4n) is 4.18. The average Bonchev–Trinajstić information content (AvgIpc) is 2.92. The normalized spacial score (nSPS) is 47.8. The Kier molecular flexibility index (Phi) is 13.5. The molecule has 0 aromatic rings. The van der Waals surface area contributed by atoms with Gasteiger partial charge in [0, 0.05) is 13.1 Å². The van der Waals surface area contributed by atoms with Crippen molar-refractivity contribution >= 4 is 0 Å². The van der Waals surface area contributed by atoms with Crippen LogP contribution in [0.25, 0.3) is 0 Å². The summed E-state index contributed by atoms with van der Waals surface area (Å²) in [6.07, 6.45) is -16.8. The summed E-state index contributed by atoms with van der Waals surface area (Å²) in [6, 6.07) is -3.87. The summed E-state index contributed by atoms with van der Waals surface area (Å²) in [7, 11) is 0. The smallest absolute Gasteiger partial charge is 0.176 e. The third kappa shape index (κ3) is 7.51. The van der Waals surface area contributed by atoms with Crippen molar-refractivity contribution < 1.29 is 64.5 Å². The van der Waals surface area contributed by atoms with Crippen LogP contribution in [0.2, 0.25) is 0 Å². The Morgan fingerprint density at radius 2 is 0.921 bits per heavy atom. The molecule has 226 valence electrons. The quantitative estimate of drug-likeness (QED) is 0.131. The Balaban J connectivity index is 0.00000118. The molecule has 3 heterocycles. The van der Waals surface area contributed by atoms with E-state index in [0.29, 0.717) is 13.1 Å². The van der Waals surface area contributed by atoms with Gasteiger partial charge >= 0.3 is 0 Å². The average molecular weight is 562 g/mol. The van der Waals surface area contributed by atoms with Crippen LogP contribution in [0.3, 0.4) is 0 Å². The van der Waals surface area contributed by atoms with Crippen molar-refractivity contribution in [3.8, 4) is 0 Å². The topological polar surface area (TPSA) is 338 Å². The second-order valence-corrected chi connectivity index (χ2v) is 9.17. The van der Waals surface area contributed by atoms with Gasteiger partial charge in [-0.3, -0.25) is 0 Å². The first-order valence-electron chi connectivity index (χ1n) is 12.1. The van der Waals surface area contributed by atoms with Crippen LogP contribution in [0.1, 0.15) is 0 Å². The van der Waals surface area contributed by atoms with Crippen molar-refractivity contribution in [1.82, 2.24) is 0 Å². The second-order valence-electron chi connectivity index (χ2n) is 9.17. The zero-order chi connectivity index (χ0) is 28.7. The van der Waals surface area contributed by atoms with E-state index in [1.807, 2.05) is 0 Å². The lowest BCUT2D eigenvalue weighted by Crippen LogP contribution is -2.69. The van der Waals surface area contributed by atoms with Gasteiger partial charge in [0.1, 0.15) is 54.9 Å². The molecule has 18 N–H and O–H groups in total. The molecular formula is C20H43N5O13. The van der Waals surface area contributed by atoms with Crippen LogP contribution in [0, 0.1) is 0 Å². The molecule has 18 heteroatoms. The molecule has 0 saturated carbocycles. The van der Waals surface area contributed by atoms with Gasteiger partial charge in [0.2, 0.25) is 0 Å². The van der Waals surface area contributed by atoms with Crippen molar-refractivity contribution in [3.63, 3.8) is 0 Å². The summed E-state index contributed by atoms with van der Waals surface area (Å²) in [5, 5.41) is 79.6. The van der Waals surface area contributed by atoms with Crippen molar-refractivity contribution in [2.45, 2.75) is 91.9 Å². The molecule has 0 radical (unpaired) electrons. The molecule has 0 bridgehead atoms. The van der Waals surface area contributed by atoms with E-state index in [9.17, 15) is 40.9 Å². The Morgan fingerprint density at radius 3 is 1.37 bits per heavy atom. The summed E-state index contributed by atoms with van der Waals surface area (Å²) in [4.78, 5) is 0. The summed E-state index contributed by atoms with van der Waals surface area (Å²) in [6.45, 7) is -0.805. The Labute approximate surface area is 218 Å². The standard InChI is InChI=1S/C18H35N3O13.C2H8N2/c19-7-12(27)14(5(2-23)30-16(7)29)33-18-9(21)13(28)15(6(3-24)32-18)34-17-8(20)11(26)10(25)4(1-22)31-17;3-1-2-4/h4-18,22-29H,1-3,19-21H2;1-4H2/t4-,5-,6-,7?,8-,9?,10-,11-,12?,13-,14?,15?,16?,17+,18+;/m1./s1. The number of nitrogens with two attached hydrogens (primary N) is 5. The summed E-state index contributed by atoms with van der Waals surface area (Å²) in [5.74, 6) is 0. The number of hydrogen-bond acceptors (Lipinski definition) is 18. The molecule has 15 atom stereocenters. The van der Waals surface area contributed by atoms with Crippen molar-refractivity contribution in [3.05, 3.63) is 0 Å². The molecule has 3 rings (SSSR count). The molecule has 18 nitrogen and oxygen atoms in total. The van der Waals surface area contributed by atoms with Gasteiger partial charge in [-0.25, -0.2) is 0 Å². The van der Waals surface area contributed by atoms with Crippen molar-refractivity contribution in [2.75, 3.05) is 32.9 Å². The van der Waals surface area contributed by atoms with E-state index in [-0.39, 0.29) is 0 Å². The maximum atomic E-state index is 10.8. The molecule has 0 spiro atoms. The first-order valence-corrected chi connectivity index (χ1v) is 12.1. The number of hydrogen-bond donors (Lipinski definition) is 13. The third-order valence-electron chi connectivity index (χ3n) is 6.50. The lowest BCUT2D eigenvalue weighted by Gasteiger charge is -2.48. The van der Waals surface area contributed by atoms with Gasteiger partial charge < -0.3 is 93.2 Å². The minimum atomic E-state index is -1.56.